The van der Waals surface area contributed by atoms with Crippen molar-refractivity contribution in [1.29, 1.82) is 0 Å². The van der Waals surface area contributed by atoms with Gasteiger partial charge < -0.3 is 58.7 Å². The molecule has 0 saturated carbocycles. The van der Waals surface area contributed by atoms with Crippen LogP contribution in [-0.4, -0.2) is 123 Å². The fraction of sp³-hybridized carbons (Fsp3) is 0.500. The number of amides is 7. The van der Waals surface area contributed by atoms with Gasteiger partial charge in [0.2, 0.25) is 41.4 Å². The van der Waals surface area contributed by atoms with Crippen LogP contribution in [0.3, 0.4) is 0 Å². The minimum Gasteiger partial charge on any atom is -0.508 e. The number of hydrogen-bond acceptors (Lipinski definition) is 13. The lowest BCUT2D eigenvalue weighted by molar-refractivity contribution is -0.548. The number of unbranched alkanes of at least 4 members (excludes halogenated alkanes) is 1. The second-order valence-corrected chi connectivity index (χ2v) is 15.0. The number of carboxylic acids is 1. The van der Waals surface area contributed by atoms with Crippen molar-refractivity contribution >= 4 is 47.3 Å². The Morgan fingerprint density at radius 2 is 1.24 bits per heavy atom. The van der Waals surface area contributed by atoms with E-state index in [2.05, 4.69) is 31.9 Å². The number of nitrogens with two attached hydrogens (primary N) is 2. The molecule has 0 aliphatic heterocycles. The van der Waals surface area contributed by atoms with E-state index >= 15 is 0 Å². The molecule has 0 saturated heterocycles. The zero-order valence-electron chi connectivity index (χ0n) is 35.2. The number of carboxylic acid groups (broad SMARTS) is 1. The first-order valence-electron chi connectivity index (χ1n) is 20.1. The van der Waals surface area contributed by atoms with E-state index < -0.39 is 114 Å². The number of aliphatic hydroxyl groups excluding tert-OH is 1. The highest BCUT2D eigenvalue weighted by molar-refractivity contribution is 5.97. The average Bonchev–Trinajstić information content (AvgIpc) is 3.21. The Kier molecular flexibility index (Phi) is 21.9. The van der Waals surface area contributed by atoms with Gasteiger partial charge in [0.05, 0.1) is 12.6 Å². The molecule has 23 heteroatoms. The van der Waals surface area contributed by atoms with Crippen LogP contribution in [0.4, 0.5) is 0 Å². The van der Waals surface area contributed by atoms with Gasteiger partial charge in [0.1, 0.15) is 36.0 Å². The number of rotatable bonds is 28. The summed E-state index contributed by atoms with van der Waals surface area (Å²) in [6.07, 6.45) is -1.65. The molecule has 0 aromatic heterocycles. The summed E-state index contributed by atoms with van der Waals surface area (Å²) >= 11 is 0. The summed E-state index contributed by atoms with van der Waals surface area (Å²) in [5.41, 5.74) is 13.8. The first-order valence-corrected chi connectivity index (χ1v) is 20.1. The first-order chi connectivity index (χ1) is 29.7. The highest BCUT2D eigenvalue weighted by atomic mass is 16.7. The zero-order chi connectivity index (χ0) is 47.2. The van der Waals surface area contributed by atoms with Gasteiger partial charge in [-0.05, 0) is 68.3 Å². The lowest BCUT2D eigenvalue weighted by atomic mass is 10.00. The standard InChI is InChI=1S/C40H58N10O13/c1-22(2)33(48-39(59)34(23(3)51)47-32(54)21-43-35(55)30(49-50(62)63)20-25-12-14-26(52)15-13-25)38(58)44-27(16-17-31(42)53)36(56)46-29(19-24-9-5-4-6-10-24)37(57)45-28(40(60)61)11-7-8-18-41/h4-6,9-10,12-15,22-23,27-30,33-34,49,51-52H,7-8,11,16-21,41H2,1-3H3,(H2,42,53)(H,43,55)(H,44,58)(H,45,57)(H,46,56)(H,47,54)(H,48,59)(H,60,61)/t23-,27+,28+,29+,30+,33+,34+/m1/s1. The Morgan fingerprint density at radius 3 is 1.79 bits per heavy atom. The molecule has 0 bridgehead atoms. The highest BCUT2D eigenvalue weighted by Gasteiger charge is 2.35. The number of aromatic hydroxyl groups is 1. The summed E-state index contributed by atoms with van der Waals surface area (Å²) in [6, 6.07) is 5.20. The Balaban J connectivity index is 2.23. The lowest BCUT2D eigenvalue weighted by Gasteiger charge is -2.29. The van der Waals surface area contributed by atoms with Gasteiger partial charge >= 0.3 is 5.97 Å². The third-order valence-electron chi connectivity index (χ3n) is 9.49. The lowest BCUT2D eigenvalue weighted by Crippen LogP contribution is -2.61. The van der Waals surface area contributed by atoms with Crippen LogP contribution in [0.15, 0.2) is 54.6 Å². The van der Waals surface area contributed by atoms with Crippen molar-refractivity contribution in [3.63, 3.8) is 0 Å². The summed E-state index contributed by atoms with van der Waals surface area (Å²) in [5, 5.41) is 54.3. The molecule has 2 aromatic carbocycles. The molecule has 0 aliphatic carbocycles. The summed E-state index contributed by atoms with van der Waals surface area (Å²) in [4.78, 5) is 115. The second kappa shape index (κ2) is 26.5. The molecule has 0 aliphatic rings. The van der Waals surface area contributed by atoms with Gasteiger partial charge in [0, 0.05) is 19.3 Å². The van der Waals surface area contributed by atoms with Crippen molar-refractivity contribution in [3.05, 3.63) is 75.8 Å². The number of nitro groups is 1. The normalized spacial score (nSPS) is 14.3. The molecule has 7 amide bonds. The van der Waals surface area contributed by atoms with Gasteiger partial charge in [-0.2, -0.15) is 0 Å². The van der Waals surface area contributed by atoms with E-state index in [-0.39, 0.29) is 31.4 Å². The molecule has 23 nitrogen and oxygen atoms in total. The molecular formula is C40H58N10O13. The van der Waals surface area contributed by atoms with Crippen molar-refractivity contribution in [2.45, 2.75) is 108 Å². The Morgan fingerprint density at radius 1 is 0.683 bits per heavy atom. The molecule has 2 rings (SSSR count). The van der Waals surface area contributed by atoms with Crippen LogP contribution in [0.5, 0.6) is 5.75 Å². The zero-order valence-corrected chi connectivity index (χ0v) is 35.2. The summed E-state index contributed by atoms with van der Waals surface area (Å²) in [6.45, 7) is 3.75. The number of nitrogens with one attached hydrogen (secondary N) is 7. The highest BCUT2D eigenvalue weighted by Crippen LogP contribution is 2.13. The number of aliphatic hydroxyl groups is 1. The van der Waals surface area contributed by atoms with E-state index in [9.17, 15) is 63.8 Å². The number of phenols is 1. The molecular weight excluding hydrogens is 828 g/mol. The van der Waals surface area contributed by atoms with Crippen LogP contribution in [0.25, 0.3) is 0 Å². The topological polar surface area (TPSA) is 377 Å². The van der Waals surface area contributed by atoms with E-state index in [0.717, 1.165) is 6.92 Å². The van der Waals surface area contributed by atoms with Crippen LogP contribution < -0.4 is 48.8 Å². The smallest absolute Gasteiger partial charge is 0.326 e. The molecule has 0 fully saturated rings. The molecule has 0 radical (unpaired) electrons. The number of hydrazine groups is 1. The van der Waals surface area contributed by atoms with E-state index in [4.69, 9.17) is 11.5 Å². The average molecular weight is 887 g/mol. The Bertz CT molecular complexity index is 1880. The second-order valence-electron chi connectivity index (χ2n) is 15.0. The number of primary amides is 1. The number of benzene rings is 2. The Hall–Kier alpha value is -6.88. The van der Waals surface area contributed by atoms with Crippen LogP contribution in [0, 0.1) is 16.0 Å². The maximum atomic E-state index is 13.8. The SMILES string of the molecule is CC(C)[C@H](NC(=O)[C@@H](NC(=O)CNC(=O)[C@H](Cc1ccc(O)cc1)N[N+](=O)[O-])[C@@H](C)O)C(=O)N[C@@H](CCC(N)=O)C(=O)N[C@@H](Cc1ccccc1)C(=O)N[C@@H](CCCCN)C(=O)O. The summed E-state index contributed by atoms with van der Waals surface area (Å²) in [7, 11) is 0. The minimum absolute atomic E-state index is 0.0627. The largest absolute Gasteiger partial charge is 0.508 e. The Labute approximate surface area is 363 Å². The fourth-order valence-corrected chi connectivity index (χ4v) is 6.06. The quantitative estimate of drug-likeness (QED) is 0.0237. The number of carbonyl (C=O) groups excluding carboxylic acids is 7. The molecule has 346 valence electrons. The monoisotopic (exact) mass is 886 g/mol. The van der Waals surface area contributed by atoms with Crippen LogP contribution >= 0.6 is 0 Å². The number of hydrogen-bond donors (Lipinski definition) is 12. The van der Waals surface area contributed by atoms with Gasteiger partial charge in [0.25, 0.3) is 0 Å². The molecule has 0 heterocycles. The van der Waals surface area contributed by atoms with Crippen molar-refractivity contribution in [2.75, 3.05) is 13.1 Å². The predicted molar refractivity (Wildman–Crippen MR) is 224 cm³/mol. The number of carbonyl (C=O) groups is 8. The molecule has 0 unspecified atom stereocenters. The van der Waals surface area contributed by atoms with Crippen LogP contribution in [0.1, 0.15) is 64.0 Å². The van der Waals surface area contributed by atoms with Crippen LogP contribution in [-0.2, 0) is 51.2 Å². The van der Waals surface area contributed by atoms with Gasteiger partial charge in [-0.15, -0.1) is 5.43 Å². The third-order valence-corrected chi connectivity index (χ3v) is 9.49. The number of aliphatic carboxylic acids is 1. The molecule has 63 heavy (non-hydrogen) atoms. The minimum atomic E-state index is -1.70. The van der Waals surface area contributed by atoms with Gasteiger partial charge in [-0.25, -0.2) is 14.9 Å². The van der Waals surface area contributed by atoms with Crippen molar-refractivity contribution in [3.8, 4) is 5.75 Å². The van der Waals surface area contributed by atoms with Crippen molar-refractivity contribution < 1.29 is 58.7 Å². The van der Waals surface area contributed by atoms with E-state index in [1.54, 1.807) is 30.3 Å². The molecule has 0 spiro atoms. The van der Waals surface area contributed by atoms with Gasteiger partial charge in [-0.3, -0.25) is 33.6 Å². The maximum Gasteiger partial charge on any atom is 0.326 e. The summed E-state index contributed by atoms with van der Waals surface area (Å²) in [5.74, 6) is -8.65. The molecule has 14 N–H and O–H groups in total. The maximum absolute atomic E-state index is 13.8. The summed E-state index contributed by atoms with van der Waals surface area (Å²) < 4.78 is 0. The van der Waals surface area contributed by atoms with E-state index in [0.29, 0.717) is 30.5 Å². The van der Waals surface area contributed by atoms with Gasteiger partial charge in [-0.1, -0.05) is 56.3 Å². The fourth-order valence-electron chi connectivity index (χ4n) is 6.06. The first kappa shape index (κ1) is 52.3. The third kappa shape index (κ3) is 19.2. The van der Waals surface area contributed by atoms with Crippen molar-refractivity contribution in [1.82, 2.24) is 37.3 Å². The van der Waals surface area contributed by atoms with E-state index in [1.165, 1.54) is 38.1 Å². The predicted octanol–water partition coefficient (Wildman–Crippen LogP) is -2.62. The number of nitrogens with zero attached hydrogens (tertiary/aromatic N) is 1. The molecule has 7 atom stereocenters. The number of phenolic OH excluding ortho intramolecular Hbond substituents is 1. The van der Waals surface area contributed by atoms with Gasteiger partial charge in [0.15, 0.2) is 11.1 Å². The van der Waals surface area contributed by atoms with Crippen molar-refractivity contribution in [2.24, 2.45) is 17.4 Å². The van der Waals surface area contributed by atoms with E-state index in [1.807, 2.05) is 5.43 Å². The van der Waals surface area contributed by atoms with Crippen LogP contribution in [0.2, 0.25) is 0 Å². The molecule has 2 aromatic rings.